The number of hydrogen-bond donors (Lipinski definition) is 1. The first-order chi connectivity index (χ1) is 13.3. The molecule has 6 nitrogen and oxygen atoms in total. The van der Waals surface area contributed by atoms with Gasteiger partial charge in [-0.05, 0) is 42.9 Å². The van der Waals surface area contributed by atoms with E-state index in [1.54, 1.807) is 17.7 Å². The Kier molecular flexibility index (Phi) is 6.63. The standard InChI is InChI=1S/C22H42N2O4Si2/c1-16-14-24(19(26)23-18(16)25)17-12-13-22(28-17,29(8,9)20(2,3)4)15-27-30(10,11)21(5,6)7/h14,17H,12-13,15H2,1-11H3,(H,23,25,26)/t17-,22-/m1/s1. The molecule has 0 aliphatic carbocycles. The van der Waals surface area contributed by atoms with Crippen LogP contribution >= 0.6 is 0 Å². The first-order valence-corrected chi connectivity index (χ1v) is 16.9. The van der Waals surface area contributed by atoms with E-state index in [1.165, 1.54) is 0 Å². The summed E-state index contributed by atoms with van der Waals surface area (Å²) in [5, 5.41) is -0.175. The number of nitrogens with zero attached hydrogens (tertiary/aromatic N) is 1. The minimum atomic E-state index is -2.01. The van der Waals surface area contributed by atoms with Gasteiger partial charge in [-0.1, -0.05) is 54.6 Å². The van der Waals surface area contributed by atoms with Crippen molar-refractivity contribution in [2.24, 2.45) is 0 Å². The summed E-state index contributed by atoms with van der Waals surface area (Å²) in [4.78, 5) is 26.7. The number of ether oxygens (including phenoxy) is 1. The van der Waals surface area contributed by atoms with Crippen LogP contribution in [0.1, 0.15) is 66.2 Å². The van der Waals surface area contributed by atoms with Crippen molar-refractivity contribution >= 4 is 16.4 Å². The molecule has 0 unspecified atom stereocenters. The Bertz CT molecular complexity index is 890. The zero-order chi connectivity index (χ0) is 23.3. The molecule has 8 heteroatoms. The van der Waals surface area contributed by atoms with Crippen LogP contribution < -0.4 is 11.2 Å². The molecular formula is C22H42N2O4Si2. The zero-order valence-corrected chi connectivity index (χ0v) is 22.9. The molecule has 172 valence electrons. The fourth-order valence-corrected chi connectivity index (χ4v) is 7.85. The average Bonchev–Trinajstić information content (AvgIpc) is 3.00. The fraction of sp³-hybridized carbons (Fsp3) is 0.818. The van der Waals surface area contributed by atoms with Crippen molar-refractivity contribution in [1.82, 2.24) is 9.55 Å². The Balaban J connectivity index is 2.46. The normalized spacial score (nSPS) is 23.8. The molecule has 0 saturated carbocycles. The first-order valence-electron chi connectivity index (χ1n) is 11.0. The summed E-state index contributed by atoms with van der Waals surface area (Å²) in [7, 11) is -3.97. The van der Waals surface area contributed by atoms with Crippen LogP contribution in [0.2, 0.25) is 36.3 Å². The molecule has 0 radical (unpaired) electrons. The number of aromatic nitrogens is 2. The highest BCUT2D eigenvalue weighted by Gasteiger charge is 2.58. The van der Waals surface area contributed by atoms with E-state index in [9.17, 15) is 9.59 Å². The largest absolute Gasteiger partial charge is 0.414 e. The van der Waals surface area contributed by atoms with E-state index in [0.717, 1.165) is 12.8 Å². The van der Waals surface area contributed by atoms with Gasteiger partial charge in [-0.15, -0.1) is 0 Å². The molecule has 0 amide bonds. The molecule has 0 spiro atoms. The second-order valence-corrected chi connectivity index (χ2v) is 22.5. The summed E-state index contributed by atoms with van der Waals surface area (Å²) in [6.45, 7) is 25.2. The van der Waals surface area contributed by atoms with E-state index in [1.807, 2.05) is 0 Å². The first kappa shape index (κ1) is 25.3. The lowest BCUT2D eigenvalue weighted by atomic mass is 10.2. The third-order valence-electron chi connectivity index (χ3n) is 8.10. The second-order valence-electron chi connectivity index (χ2n) is 12.0. The van der Waals surface area contributed by atoms with Gasteiger partial charge in [-0.2, -0.15) is 0 Å². The number of H-pyrrole nitrogens is 1. The number of aromatic amines is 1. The number of rotatable bonds is 5. The van der Waals surface area contributed by atoms with Gasteiger partial charge in [-0.3, -0.25) is 14.3 Å². The lowest BCUT2D eigenvalue weighted by Crippen LogP contribution is -2.63. The predicted molar refractivity (Wildman–Crippen MR) is 128 cm³/mol. The van der Waals surface area contributed by atoms with Crippen molar-refractivity contribution in [3.63, 3.8) is 0 Å². The molecule has 2 rings (SSSR count). The molecule has 1 aromatic heterocycles. The second kappa shape index (κ2) is 7.87. The van der Waals surface area contributed by atoms with E-state index in [2.05, 4.69) is 72.7 Å². The zero-order valence-electron chi connectivity index (χ0n) is 20.9. The third kappa shape index (κ3) is 4.47. The van der Waals surface area contributed by atoms with Gasteiger partial charge in [-0.25, -0.2) is 4.79 Å². The molecule has 1 aliphatic rings. The van der Waals surface area contributed by atoms with Crippen molar-refractivity contribution in [1.29, 1.82) is 0 Å². The predicted octanol–water partition coefficient (Wildman–Crippen LogP) is 4.96. The van der Waals surface area contributed by atoms with Gasteiger partial charge >= 0.3 is 5.69 Å². The molecule has 1 N–H and O–H groups in total. The summed E-state index contributed by atoms with van der Waals surface area (Å²) in [5.74, 6) is 0. The van der Waals surface area contributed by atoms with Crippen molar-refractivity contribution in [3.8, 4) is 0 Å². The van der Waals surface area contributed by atoms with Crippen molar-refractivity contribution in [2.75, 3.05) is 6.61 Å². The lowest BCUT2D eigenvalue weighted by molar-refractivity contribution is -0.0565. The Morgan fingerprint density at radius 2 is 1.70 bits per heavy atom. The monoisotopic (exact) mass is 454 g/mol. The summed E-state index contributed by atoms with van der Waals surface area (Å²) in [6, 6.07) is 0. The molecule has 30 heavy (non-hydrogen) atoms. The molecule has 2 heterocycles. The molecule has 1 saturated heterocycles. The third-order valence-corrected chi connectivity index (χ3v) is 19.1. The summed E-state index contributed by atoms with van der Waals surface area (Å²) < 4.78 is 15.1. The molecule has 1 aromatic rings. The Morgan fingerprint density at radius 1 is 1.13 bits per heavy atom. The maximum absolute atomic E-state index is 12.5. The highest BCUT2D eigenvalue weighted by Crippen LogP contribution is 2.52. The van der Waals surface area contributed by atoms with Gasteiger partial charge in [0.05, 0.1) is 19.9 Å². The van der Waals surface area contributed by atoms with Crippen LogP contribution in [-0.4, -0.2) is 37.8 Å². The summed E-state index contributed by atoms with van der Waals surface area (Å²) in [5.41, 5.74) is -0.237. The minimum Gasteiger partial charge on any atom is -0.414 e. The topological polar surface area (TPSA) is 73.3 Å². The fourth-order valence-electron chi connectivity index (χ4n) is 3.67. The summed E-state index contributed by atoms with van der Waals surface area (Å²) in [6.07, 6.45) is 2.83. The Labute approximate surface area is 183 Å². The van der Waals surface area contributed by atoms with Gasteiger partial charge in [0.15, 0.2) is 8.32 Å². The molecular weight excluding hydrogens is 412 g/mol. The van der Waals surface area contributed by atoms with E-state index in [0.29, 0.717) is 12.2 Å². The van der Waals surface area contributed by atoms with Crippen LogP contribution in [0.5, 0.6) is 0 Å². The SMILES string of the molecule is Cc1cn([C@H]2CC[C@](CO[Si](C)(C)C(C)(C)C)([Si](C)(C)C(C)(C)C)O2)c(=O)[nH]c1=O. The van der Waals surface area contributed by atoms with Gasteiger partial charge in [0.1, 0.15) is 6.23 Å². The highest BCUT2D eigenvalue weighted by atomic mass is 28.4. The molecule has 0 aromatic carbocycles. The van der Waals surface area contributed by atoms with Crippen LogP contribution in [0.15, 0.2) is 15.8 Å². The Morgan fingerprint density at radius 3 is 2.20 bits per heavy atom. The van der Waals surface area contributed by atoms with Gasteiger partial charge < -0.3 is 9.16 Å². The molecule has 2 atom stereocenters. The molecule has 1 fully saturated rings. The highest BCUT2D eigenvalue weighted by molar-refractivity contribution is 6.83. The number of hydrogen-bond acceptors (Lipinski definition) is 4. The van der Waals surface area contributed by atoms with Crippen LogP contribution in [0.3, 0.4) is 0 Å². The number of nitrogens with one attached hydrogen (secondary N) is 1. The van der Waals surface area contributed by atoms with Crippen molar-refractivity contribution in [2.45, 2.75) is 109 Å². The smallest absolute Gasteiger partial charge is 0.330 e. The van der Waals surface area contributed by atoms with Crippen LogP contribution in [0.25, 0.3) is 0 Å². The average molecular weight is 455 g/mol. The van der Waals surface area contributed by atoms with E-state index < -0.39 is 27.3 Å². The quantitative estimate of drug-likeness (QED) is 0.638. The van der Waals surface area contributed by atoms with Gasteiger partial charge in [0.25, 0.3) is 5.56 Å². The molecule has 1 aliphatic heterocycles. The van der Waals surface area contributed by atoms with Crippen molar-refractivity contribution < 1.29 is 9.16 Å². The van der Waals surface area contributed by atoms with Crippen LogP contribution in [-0.2, 0) is 9.16 Å². The van der Waals surface area contributed by atoms with Crippen LogP contribution in [0.4, 0.5) is 0 Å². The van der Waals surface area contributed by atoms with Gasteiger partial charge in [0, 0.05) is 11.8 Å². The van der Waals surface area contributed by atoms with Crippen LogP contribution in [0, 0.1) is 6.92 Å². The maximum atomic E-state index is 12.5. The number of aryl methyl sites for hydroxylation is 1. The maximum Gasteiger partial charge on any atom is 0.330 e. The van der Waals surface area contributed by atoms with Gasteiger partial charge in [0.2, 0.25) is 0 Å². The minimum absolute atomic E-state index is 0.102. The Hall–Kier alpha value is -0.966. The van der Waals surface area contributed by atoms with E-state index in [-0.39, 0.29) is 21.9 Å². The van der Waals surface area contributed by atoms with E-state index >= 15 is 0 Å². The lowest BCUT2D eigenvalue weighted by Gasteiger charge is -2.51. The van der Waals surface area contributed by atoms with Crippen molar-refractivity contribution in [3.05, 3.63) is 32.6 Å². The summed E-state index contributed by atoms with van der Waals surface area (Å²) >= 11 is 0. The molecule has 0 bridgehead atoms. The van der Waals surface area contributed by atoms with E-state index in [4.69, 9.17) is 9.16 Å².